The maximum Gasteiger partial charge on any atom is 0.342 e. The molecule has 0 radical (unpaired) electrons. The van der Waals surface area contributed by atoms with Crippen molar-refractivity contribution < 1.29 is 8.42 Å². The summed E-state index contributed by atoms with van der Waals surface area (Å²) in [4.78, 5) is 0. The van der Waals surface area contributed by atoms with Crippen LogP contribution in [0.15, 0.2) is 69.3 Å². The van der Waals surface area contributed by atoms with Crippen molar-refractivity contribution in [2.75, 3.05) is 0 Å². The first-order chi connectivity index (χ1) is 10.6. The van der Waals surface area contributed by atoms with E-state index >= 15 is 0 Å². The van der Waals surface area contributed by atoms with E-state index in [0.29, 0.717) is 10.6 Å². The molecule has 2 aromatic carbocycles. The maximum absolute atomic E-state index is 11.2. The van der Waals surface area contributed by atoms with Gasteiger partial charge in [-0.2, -0.15) is 8.42 Å². The number of hydrogen-bond acceptors (Lipinski definition) is 2. The molecule has 0 aromatic heterocycles. The van der Waals surface area contributed by atoms with Gasteiger partial charge in [-0.3, -0.25) is 0 Å². The van der Waals surface area contributed by atoms with Crippen LogP contribution in [0.5, 0.6) is 0 Å². The second-order valence-electron chi connectivity index (χ2n) is 4.27. The zero-order chi connectivity index (χ0) is 17.1. The van der Waals surface area contributed by atoms with Gasteiger partial charge in [0, 0.05) is 21.3 Å². The third-order valence-corrected chi connectivity index (χ3v) is 12.7. The van der Waals surface area contributed by atoms with Gasteiger partial charge in [0.05, 0.1) is 0 Å². The van der Waals surface area contributed by atoms with Crippen LogP contribution in [0.3, 0.4) is 0 Å². The van der Waals surface area contributed by atoms with Crippen molar-refractivity contribution in [1.29, 1.82) is 0 Å². The molecule has 23 heavy (non-hydrogen) atoms. The summed E-state index contributed by atoms with van der Waals surface area (Å²) < 4.78 is 29.8. The normalized spacial score (nSPS) is 12.7. The lowest BCUT2D eigenvalue weighted by Gasteiger charge is -2.19. The molecule has 0 heterocycles. The second kappa shape index (κ2) is 7.49. The third-order valence-electron chi connectivity index (χ3n) is 2.62. The molecule has 2 rings (SSSR count). The summed E-state index contributed by atoms with van der Waals surface area (Å²) in [5.41, 5.74) is 0. The van der Waals surface area contributed by atoms with Crippen molar-refractivity contribution in [3.05, 3.63) is 60.7 Å². The third kappa shape index (κ3) is 5.51. The molecular formula is C12H10Cl4N2O2P2S. The van der Waals surface area contributed by atoms with Gasteiger partial charge < -0.3 is 0 Å². The number of hydrogen-bond donors (Lipinski definition) is 0. The monoisotopic (exact) mass is 448 g/mol. The van der Waals surface area contributed by atoms with E-state index in [2.05, 4.69) is 8.67 Å². The molecule has 0 amide bonds. The quantitative estimate of drug-likeness (QED) is 0.431. The van der Waals surface area contributed by atoms with E-state index in [4.69, 9.17) is 44.4 Å². The minimum atomic E-state index is -4.27. The van der Waals surface area contributed by atoms with Crippen molar-refractivity contribution in [3.63, 3.8) is 0 Å². The van der Waals surface area contributed by atoms with Gasteiger partial charge >= 0.3 is 9.24 Å². The van der Waals surface area contributed by atoms with E-state index in [1.54, 1.807) is 48.5 Å². The fourth-order valence-electron chi connectivity index (χ4n) is 1.79. The van der Waals surface area contributed by atoms with Crippen LogP contribution in [-0.4, -0.2) is 8.42 Å². The average Bonchev–Trinajstić information content (AvgIpc) is 2.46. The van der Waals surface area contributed by atoms with Crippen LogP contribution in [0, 0.1) is 0 Å². The van der Waals surface area contributed by atoms with E-state index in [1.165, 1.54) is 0 Å². The van der Waals surface area contributed by atoms with Crippen molar-refractivity contribution in [3.8, 4) is 0 Å². The Morgan fingerprint density at radius 2 is 1.17 bits per heavy atom. The molecular weight excluding hydrogens is 440 g/mol. The van der Waals surface area contributed by atoms with Crippen LogP contribution in [0.2, 0.25) is 0 Å². The van der Waals surface area contributed by atoms with Gasteiger partial charge in [0.25, 0.3) is 5.91 Å². The van der Waals surface area contributed by atoms with Crippen LogP contribution in [0.4, 0.5) is 0 Å². The van der Waals surface area contributed by atoms with Crippen LogP contribution in [0.25, 0.3) is 0 Å². The molecule has 0 aliphatic heterocycles. The summed E-state index contributed by atoms with van der Waals surface area (Å²) in [6, 6.07) is 17.9. The summed E-state index contributed by atoms with van der Waals surface area (Å²) in [6.45, 7) is 0. The minimum absolute atomic E-state index is 0.681. The van der Waals surface area contributed by atoms with E-state index in [0.717, 1.165) is 0 Å². The molecule has 0 N–H and O–H groups in total. The van der Waals surface area contributed by atoms with Gasteiger partial charge in [0.2, 0.25) is 0 Å². The SMILES string of the molecule is O=S(=O)(Cl)N=P(Cl)(Cl)N=P(Cl)(c1ccccc1)c1ccccc1. The molecule has 0 aliphatic carbocycles. The molecule has 124 valence electrons. The zero-order valence-corrected chi connectivity index (χ0v) is 16.9. The molecule has 0 saturated heterocycles. The molecule has 11 heteroatoms. The Labute approximate surface area is 153 Å². The fraction of sp³-hybridized carbons (Fsp3) is 0. The van der Waals surface area contributed by atoms with Gasteiger partial charge in [-0.15, -0.1) is 4.15 Å². The van der Waals surface area contributed by atoms with Crippen LogP contribution < -0.4 is 10.6 Å². The molecule has 0 saturated carbocycles. The number of rotatable bonds is 4. The summed E-state index contributed by atoms with van der Waals surface area (Å²) in [5.74, 6) is -3.62. The van der Waals surface area contributed by atoms with Crippen molar-refractivity contribution >= 4 is 76.6 Å². The maximum atomic E-state index is 11.2. The Morgan fingerprint density at radius 3 is 1.52 bits per heavy atom. The Hall–Kier alpha value is 0.0100. The summed E-state index contributed by atoms with van der Waals surface area (Å²) in [6.07, 6.45) is -2.92. The van der Waals surface area contributed by atoms with Crippen molar-refractivity contribution in [2.24, 2.45) is 8.67 Å². The Balaban J connectivity index is 2.80. The van der Waals surface area contributed by atoms with Gasteiger partial charge in [0.15, 0.2) is 0 Å². The lowest BCUT2D eigenvalue weighted by Crippen LogP contribution is -2.11. The minimum Gasteiger partial charge on any atom is -0.211 e. The molecule has 0 aliphatic rings. The standard InChI is InChI=1S/C12H10Cl4N2O2P2S/c13-21(11-7-3-1-4-8-11,12-9-5-2-6-10-12)17-22(14,15)18-23(16,19)20/h1-10H. The first kappa shape index (κ1) is 19.3. The molecule has 4 nitrogen and oxygen atoms in total. The highest BCUT2D eigenvalue weighted by Gasteiger charge is 2.27. The molecule has 0 spiro atoms. The van der Waals surface area contributed by atoms with Crippen LogP contribution >= 0.6 is 56.7 Å². The fourth-order valence-corrected chi connectivity index (χ4v) is 13.4. The Bertz CT molecular complexity index is 856. The van der Waals surface area contributed by atoms with Crippen molar-refractivity contribution in [1.82, 2.24) is 0 Å². The van der Waals surface area contributed by atoms with Crippen LogP contribution in [0.1, 0.15) is 0 Å². The lowest BCUT2D eigenvalue weighted by atomic mass is 10.4. The molecule has 0 unspecified atom stereocenters. The van der Waals surface area contributed by atoms with Crippen LogP contribution in [-0.2, 0) is 9.24 Å². The average molecular weight is 450 g/mol. The highest BCUT2D eigenvalue weighted by atomic mass is 35.9. The van der Waals surface area contributed by atoms with Gasteiger partial charge in [0.1, 0.15) is 6.41 Å². The van der Waals surface area contributed by atoms with Crippen molar-refractivity contribution in [2.45, 2.75) is 0 Å². The van der Waals surface area contributed by atoms with Gasteiger partial charge in [-0.1, -0.05) is 71.9 Å². The van der Waals surface area contributed by atoms with E-state index in [1.807, 2.05) is 12.1 Å². The summed E-state index contributed by atoms with van der Waals surface area (Å²) in [5, 5.41) is 1.36. The summed E-state index contributed by atoms with van der Waals surface area (Å²) >= 11 is 18.9. The molecule has 0 bridgehead atoms. The second-order valence-corrected chi connectivity index (χ2v) is 15.5. The Kier molecular flexibility index (Phi) is 6.30. The summed E-state index contributed by atoms with van der Waals surface area (Å²) in [7, 11) is 0.842. The molecule has 0 atom stereocenters. The highest BCUT2D eigenvalue weighted by Crippen LogP contribution is 2.71. The first-order valence-corrected chi connectivity index (χ1v) is 14.5. The smallest absolute Gasteiger partial charge is 0.211 e. The number of benzene rings is 2. The largest absolute Gasteiger partial charge is 0.342 e. The predicted octanol–water partition coefficient (Wildman–Crippen LogP) is 5.90. The van der Waals surface area contributed by atoms with Gasteiger partial charge in [-0.25, -0.2) is 4.52 Å². The lowest BCUT2D eigenvalue weighted by molar-refractivity contribution is 0.612. The number of halogens is 4. The first-order valence-electron chi connectivity index (χ1n) is 6.05. The molecule has 0 fully saturated rings. The van der Waals surface area contributed by atoms with E-state index in [-0.39, 0.29) is 0 Å². The topological polar surface area (TPSA) is 58.9 Å². The van der Waals surface area contributed by atoms with E-state index in [9.17, 15) is 8.42 Å². The predicted molar refractivity (Wildman–Crippen MR) is 103 cm³/mol. The highest BCUT2D eigenvalue weighted by molar-refractivity contribution is 8.22. The van der Waals surface area contributed by atoms with Gasteiger partial charge in [-0.05, 0) is 22.5 Å². The Morgan fingerprint density at radius 1 is 0.783 bits per heavy atom. The molecule has 2 aromatic rings. The zero-order valence-electron chi connectivity index (χ0n) is 11.3. The van der Waals surface area contributed by atoms with E-state index < -0.39 is 21.6 Å². The number of nitrogens with zero attached hydrogens (tertiary/aromatic N) is 2.